The molecule has 0 saturated heterocycles. The van der Waals surface area contributed by atoms with E-state index in [2.05, 4.69) is 225 Å². The van der Waals surface area contributed by atoms with Crippen molar-refractivity contribution in [3.8, 4) is 22.7 Å². The van der Waals surface area contributed by atoms with Gasteiger partial charge in [-0.05, 0) is 78.9 Å². The summed E-state index contributed by atoms with van der Waals surface area (Å²) >= 11 is 0. The summed E-state index contributed by atoms with van der Waals surface area (Å²) in [5.41, 5.74) is 14.1. The third kappa shape index (κ3) is 4.18. The lowest BCUT2D eigenvalue weighted by atomic mass is 10.0. The fourth-order valence-electron chi connectivity index (χ4n) is 10.0. The highest BCUT2D eigenvalue weighted by Crippen LogP contribution is 2.47. The van der Waals surface area contributed by atoms with Crippen LogP contribution in [0.1, 0.15) is 0 Å². The molecule has 4 nitrogen and oxygen atoms in total. The second-order valence-electron chi connectivity index (χ2n) is 15.3. The molecule has 0 unspecified atom stereocenters. The molecule has 0 atom stereocenters. The summed E-state index contributed by atoms with van der Waals surface area (Å²) in [6, 6.07) is 75.4. The first-order valence-corrected chi connectivity index (χ1v) is 20.0. The van der Waals surface area contributed by atoms with E-state index < -0.39 is 0 Å². The highest BCUT2D eigenvalue weighted by molar-refractivity contribution is 6.33. The van der Waals surface area contributed by atoms with Gasteiger partial charge in [0.25, 0.3) is 0 Å². The molecule has 0 saturated carbocycles. The Balaban J connectivity index is 1.26. The van der Waals surface area contributed by atoms with Crippen LogP contribution >= 0.6 is 0 Å². The largest absolute Gasteiger partial charge is 0.309 e. The Bertz CT molecular complexity index is 3770. The van der Waals surface area contributed by atoms with Crippen LogP contribution in [0, 0.1) is 0 Å². The summed E-state index contributed by atoms with van der Waals surface area (Å²) in [6.45, 7) is 0. The maximum atomic E-state index is 2.53. The van der Waals surface area contributed by atoms with Crippen molar-refractivity contribution in [2.75, 3.05) is 0 Å². The van der Waals surface area contributed by atoms with Crippen LogP contribution in [-0.2, 0) is 0 Å². The first-order chi connectivity index (χ1) is 28.8. The first-order valence-electron chi connectivity index (χ1n) is 20.0. The number of hydrogen-bond donors (Lipinski definition) is 0. The maximum absolute atomic E-state index is 2.53. The Kier molecular flexibility index (Phi) is 6.41. The Labute approximate surface area is 333 Å². The van der Waals surface area contributed by atoms with Crippen LogP contribution in [-0.4, -0.2) is 18.3 Å². The van der Waals surface area contributed by atoms with E-state index in [0.717, 1.165) is 22.7 Å². The van der Waals surface area contributed by atoms with Crippen LogP contribution in [0.4, 0.5) is 0 Å². The van der Waals surface area contributed by atoms with Crippen LogP contribution < -0.4 is 0 Å². The van der Waals surface area contributed by atoms with Crippen molar-refractivity contribution < 1.29 is 0 Å². The van der Waals surface area contributed by atoms with E-state index in [1.807, 2.05) is 0 Å². The maximum Gasteiger partial charge on any atom is 0.0642 e. The third-order valence-corrected chi connectivity index (χ3v) is 12.3. The molecule has 0 fully saturated rings. The van der Waals surface area contributed by atoms with E-state index in [1.54, 1.807) is 0 Å². The molecule has 270 valence electrons. The Morgan fingerprint density at radius 3 is 1.05 bits per heavy atom. The van der Waals surface area contributed by atoms with Crippen molar-refractivity contribution in [2.24, 2.45) is 0 Å². The molecule has 13 rings (SSSR count). The molecule has 0 aliphatic rings. The predicted octanol–water partition coefficient (Wildman–Crippen LogP) is 14.1. The number of para-hydroxylation sites is 6. The van der Waals surface area contributed by atoms with Gasteiger partial charge in [0.1, 0.15) is 0 Å². The number of fused-ring (bicyclic) bond motifs is 14. The average Bonchev–Trinajstić information content (AvgIpc) is 4.02. The topological polar surface area (TPSA) is 19.7 Å². The fourth-order valence-corrected chi connectivity index (χ4v) is 10.0. The molecule has 0 aliphatic carbocycles. The van der Waals surface area contributed by atoms with Crippen molar-refractivity contribution >= 4 is 87.2 Å². The summed E-state index contributed by atoms with van der Waals surface area (Å²) in [5, 5.41) is 9.93. The number of benzene rings is 9. The summed E-state index contributed by atoms with van der Waals surface area (Å²) in [5.74, 6) is 0. The predicted molar refractivity (Wildman–Crippen MR) is 244 cm³/mol. The summed E-state index contributed by atoms with van der Waals surface area (Å²) in [6.07, 6.45) is 0. The molecule has 0 radical (unpaired) electrons. The van der Waals surface area contributed by atoms with Crippen LogP contribution in [0.2, 0.25) is 0 Å². The van der Waals surface area contributed by atoms with Gasteiger partial charge in [0, 0.05) is 65.8 Å². The smallest absolute Gasteiger partial charge is 0.0642 e. The molecule has 58 heavy (non-hydrogen) atoms. The molecule has 0 N–H and O–H groups in total. The van der Waals surface area contributed by atoms with Gasteiger partial charge in [-0.25, -0.2) is 0 Å². The van der Waals surface area contributed by atoms with Crippen molar-refractivity contribution in [3.05, 3.63) is 206 Å². The van der Waals surface area contributed by atoms with E-state index in [-0.39, 0.29) is 0 Å². The second-order valence-corrected chi connectivity index (χ2v) is 15.3. The quantitative estimate of drug-likeness (QED) is 0.171. The van der Waals surface area contributed by atoms with Crippen molar-refractivity contribution in [1.82, 2.24) is 18.3 Å². The van der Waals surface area contributed by atoms with Crippen molar-refractivity contribution in [3.63, 3.8) is 0 Å². The molecule has 4 aromatic heterocycles. The molecule has 0 amide bonds. The van der Waals surface area contributed by atoms with Crippen LogP contribution in [0.5, 0.6) is 0 Å². The minimum absolute atomic E-state index is 1.13. The van der Waals surface area contributed by atoms with Gasteiger partial charge in [-0.2, -0.15) is 0 Å². The highest BCUT2D eigenvalue weighted by atomic mass is 15.0. The lowest BCUT2D eigenvalue weighted by molar-refractivity contribution is 1.16. The molecule has 13 aromatic rings. The van der Waals surface area contributed by atoms with E-state index >= 15 is 0 Å². The SMILES string of the molecule is c1ccc(-n2c3ccccc3c3ccc(-n4c5ccccc5c5ccc6c(c7c(ccc8c9ccccc9n(-c9ccccc9)c87)n6-c6ccccc6)c54)cc32)cc1. The molecule has 0 aliphatic heterocycles. The van der Waals surface area contributed by atoms with Gasteiger partial charge in [0.15, 0.2) is 0 Å². The van der Waals surface area contributed by atoms with Crippen LogP contribution in [0.25, 0.3) is 110 Å². The van der Waals surface area contributed by atoms with Crippen LogP contribution in [0.15, 0.2) is 206 Å². The van der Waals surface area contributed by atoms with Gasteiger partial charge in [0.05, 0.1) is 44.1 Å². The molecule has 0 bridgehead atoms. The summed E-state index contributed by atoms with van der Waals surface area (Å²) < 4.78 is 9.90. The Hall–Kier alpha value is -7.82. The normalized spacial score (nSPS) is 12.1. The summed E-state index contributed by atoms with van der Waals surface area (Å²) in [7, 11) is 0. The van der Waals surface area contributed by atoms with Crippen molar-refractivity contribution in [1.29, 1.82) is 0 Å². The monoisotopic (exact) mass is 738 g/mol. The highest BCUT2D eigenvalue weighted by Gasteiger charge is 2.25. The number of nitrogens with zero attached hydrogens (tertiary/aromatic N) is 4. The van der Waals surface area contributed by atoms with Crippen molar-refractivity contribution in [2.45, 2.75) is 0 Å². The zero-order valence-corrected chi connectivity index (χ0v) is 31.4. The second kappa shape index (κ2) is 11.8. The number of aromatic nitrogens is 4. The van der Waals surface area contributed by atoms with E-state index in [9.17, 15) is 0 Å². The lowest BCUT2D eigenvalue weighted by Crippen LogP contribution is -1.97. The summed E-state index contributed by atoms with van der Waals surface area (Å²) in [4.78, 5) is 0. The van der Waals surface area contributed by atoms with E-state index in [4.69, 9.17) is 0 Å². The zero-order valence-electron chi connectivity index (χ0n) is 31.4. The van der Waals surface area contributed by atoms with Gasteiger partial charge in [-0.3, -0.25) is 0 Å². The van der Waals surface area contributed by atoms with Gasteiger partial charge in [-0.1, -0.05) is 127 Å². The standard InChI is InChI=1S/C54H34N4/c1-4-16-35(17-5-1)55-45-25-13-10-22-39(45)42-29-28-38(34-50(42)55)58-47-27-15-12-24-41(47)44-31-33-49-52(54(44)58)51-48(56(49)36-18-6-2-7-19-36)32-30-43-40-23-11-14-26-46(40)57(53(43)51)37-20-8-3-9-21-37/h1-34H. The van der Waals surface area contributed by atoms with Gasteiger partial charge < -0.3 is 18.3 Å². The zero-order chi connectivity index (χ0) is 37.9. The third-order valence-electron chi connectivity index (χ3n) is 12.3. The molecular weight excluding hydrogens is 705 g/mol. The molecule has 4 heteroatoms. The van der Waals surface area contributed by atoms with Crippen LogP contribution in [0.3, 0.4) is 0 Å². The first kappa shape index (κ1) is 31.4. The molecule has 0 spiro atoms. The minimum Gasteiger partial charge on any atom is -0.309 e. The molecule has 9 aromatic carbocycles. The minimum atomic E-state index is 1.13. The van der Waals surface area contributed by atoms with Gasteiger partial charge >= 0.3 is 0 Å². The average molecular weight is 739 g/mol. The van der Waals surface area contributed by atoms with E-state index in [1.165, 1.54) is 87.2 Å². The van der Waals surface area contributed by atoms with Gasteiger partial charge in [0.2, 0.25) is 0 Å². The fraction of sp³-hybridized carbons (Fsp3) is 0. The molecule has 4 heterocycles. The molecular formula is C54H34N4. The lowest BCUT2D eigenvalue weighted by Gasteiger charge is -2.12. The number of rotatable bonds is 4. The Morgan fingerprint density at radius 1 is 0.207 bits per heavy atom. The van der Waals surface area contributed by atoms with E-state index in [0.29, 0.717) is 0 Å². The number of hydrogen-bond acceptors (Lipinski definition) is 0. The Morgan fingerprint density at radius 2 is 0.552 bits per heavy atom. The van der Waals surface area contributed by atoms with Gasteiger partial charge in [-0.15, -0.1) is 0 Å².